The fourth-order valence-corrected chi connectivity index (χ4v) is 2.57. The minimum Gasteiger partial charge on any atom is -0.497 e. The molecule has 0 aliphatic rings. The highest BCUT2D eigenvalue weighted by molar-refractivity contribution is 5.74. The van der Waals surface area contributed by atoms with Crippen LogP contribution in [0.3, 0.4) is 0 Å². The van der Waals surface area contributed by atoms with Gasteiger partial charge in [-0.2, -0.15) is 5.26 Å². The topological polar surface area (TPSA) is 126 Å². The van der Waals surface area contributed by atoms with Gasteiger partial charge < -0.3 is 10.1 Å². The number of aromatic nitrogens is 2. The van der Waals surface area contributed by atoms with Crippen LogP contribution in [0.1, 0.15) is 37.0 Å². The molecule has 25 heavy (non-hydrogen) atoms. The largest absolute Gasteiger partial charge is 0.497 e. The van der Waals surface area contributed by atoms with Gasteiger partial charge in [-0.25, -0.2) is 20.6 Å². The molecule has 0 spiro atoms. The molecule has 130 valence electrons. The Labute approximate surface area is 146 Å². The first-order chi connectivity index (χ1) is 11.9. The van der Waals surface area contributed by atoms with Crippen LogP contribution in [0.5, 0.6) is 5.75 Å². The number of urea groups is 1. The van der Waals surface area contributed by atoms with E-state index in [9.17, 15) is 4.79 Å². The fraction of sp³-hybridized carbons (Fsp3) is 0.294. The van der Waals surface area contributed by atoms with Gasteiger partial charge in [0.2, 0.25) is 5.82 Å². The summed E-state index contributed by atoms with van der Waals surface area (Å²) in [4.78, 5) is 20.0. The Morgan fingerprint density at radius 1 is 1.32 bits per heavy atom. The molecule has 0 saturated heterocycles. The van der Waals surface area contributed by atoms with Gasteiger partial charge in [-0.3, -0.25) is 5.43 Å². The van der Waals surface area contributed by atoms with Crippen molar-refractivity contribution in [2.75, 3.05) is 7.11 Å². The molecule has 2 aromatic rings. The number of nitriles is 1. The normalized spacial score (nSPS) is 12.0. The standard InChI is InChI=1S/C17H20N6O2/c1-17(2,13-8-9-20-14(10-18)21-13)15(22-16(24)23-19)11-4-6-12(25-3)7-5-11/h4-9,15H,19H2,1-3H3,(H2,22,23,24). The number of methoxy groups -OCH3 is 1. The van der Waals surface area contributed by atoms with Gasteiger partial charge in [0.15, 0.2) is 0 Å². The van der Waals surface area contributed by atoms with Crippen molar-refractivity contribution in [3.63, 3.8) is 0 Å². The Morgan fingerprint density at radius 2 is 2.00 bits per heavy atom. The molecule has 1 unspecified atom stereocenters. The molecular weight excluding hydrogens is 320 g/mol. The number of rotatable bonds is 5. The van der Waals surface area contributed by atoms with Gasteiger partial charge >= 0.3 is 6.03 Å². The summed E-state index contributed by atoms with van der Waals surface area (Å²) in [5.74, 6) is 6.00. The molecular formula is C17H20N6O2. The second-order valence-electron chi connectivity index (χ2n) is 5.92. The number of amides is 2. The zero-order valence-electron chi connectivity index (χ0n) is 14.3. The molecule has 0 aliphatic carbocycles. The van der Waals surface area contributed by atoms with E-state index in [1.54, 1.807) is 25.3 Å². The van der Waals surface area contributed by atoms with E-state index in [-0.39, 0.29) is 5.82 Å². The summed E-state index contributed by atoms with van der Waals surface area (Å²) in [6, 6.07) is 9.99. The zero-order valence-corrected chi connectivity index (χ0v) is 14.3. The molecule has 8 heteroatoms. The van der Waals surface area contributed by atoms with E-state index < -0.39 is 17.5 Å². The summed E-state index contributed by atoms with van der Waals surface area (Å²) >= 11 is 0. The van der Waals surface area contributed by atoms with Crippen molar-refractivity contribution in [3.8, 4) is 11.8 Å². The van der Waals surface area contributed by atoms with Gasteiger partial charge in [0.1, 0.15) is 11.8 Å². The van der Waals surface area contributed by atoms with Gasteiger partial charge in [-0.1, -0.05) is 26.0 Å². The summed E-state index contributed by atoms with van der Waals surface area (Å²) in [5.41, 5.74) is 2.89. The van der Waals surface area contributed by atoms with Crippen LogP contribution in [-0.4, -0.2) is 23.1 Å². The Kier molecular flexibility index (Phi) is 5.52. The van der Waals surface area contributed by atoms with Crippen LogP contribution in [0.2, 0.25) is 0 Å². The van der Waals surface area contributed by atoms with Crippen LogP contribution >= 0.6 is 0 Å². The van der Waals surface area contributed by atoms with Crippen molar-refractivity contribution >= 4 is 6.03 Å². The second-order valence-corrected chi connectivity index (χ2v) is 5.92. The van der Waals surface area contributed by atoms with E-state index in [1.165, 1.54) is 6.20 Å². The Balaban J connectivity index is 2.48. The SMILES string of the molecule is COc1ccc(C(NC(=O)NN)C(C)(C)c2ccnc(C#N)n2)cc1. The van der Waals surface area contributed by atoms with Gasteiger partial charge in [0.25, 0.3) is 0 Å². The fourth-order valence-electron chi connectivity index (χ4n) is 2.57. The van der Waals surface area contributed by atoms with Crippen LogP contribution in [0.25, 0.3) is 0 Å². The average molecular weight is 340 g/mol. The molecule has 2 rings (SSSR count). The van der Waals surface area contributed by atoms with Gasteiger partial charge in [-0.15, -0.1) is 0 Å². The van der Waals surface area contributed by atoms with E-state index in [0.717, 1.165) is 5.56 Å². The number of carbonyl (C=O) groups excluding carboxylic acids is 1. The number of hydrogen-bond acceptors (Lipinski definition) is 6. The quantitative estimate of drug-likeness (QED) is 0.431. The van der Waals surface area contributed by atoms with E-state index in [0.29, 0.717) is 11.4 Å². The summed E-state index contributed by atoms with van der Waals surface area (Å²) in [6.07, 6.45) is 1.52. The summed E-state index contributed by atoms with van der Waals surface area (Å²) in [6.45, 7) is 3.84. The maximum Gasteiger partial charge on any atom is 0.329 e. The molecule has 4 N–H and O–H groups in total. The smallest absolute Gasteiger partial charge is 0.329 e. The van der Waals surface area contributed by atoms with Gasteiger partial charge in [0, 0.05) is 11.6 Å². The van der Waals surface area contributed by atoms with Crippen molar-refractivity contribution < 1.29 is 9.53 Å². The highest BCUT2D eigenvalue weighted by Crippen LogP contribution is 2.36. The third kappa shape index (κ3) is 4.02. The number of nitrogens with zero attached hydrogens (tertiary/aromatic N) is 3. The van der Waals surface area contributed by atoms with Crippen LogP contribution in [0.15, 0.2) is 36.5 Å². The number of hydrogen-bond donors (Lipinski definition) is 3. The zero-order chi connectivity index (χ0) is 18.4. The van der Waals surface area contributed by atoms with Crippen LogP contribution in [-0.2, 0) is 5.41 Å². The van der Waals surface area contributed by atoms with E-state index in [1.807, 2.05) is 32.0 Å². The minimum absolute atomic E-state index is 0.0716. The van der Waals surface area contributed by atoms with Crippen molar-refractivity contribution in [2.24, 2.45) is 5.84 Å². The maximum atomic E-state index is 11.9. The Bertz CT molecular complexity index is 782. The lowest BCUT2D eigenvalue weighted by molar-refractivity contribution is 0.229. The Morgan fingerprint density at radius 3 is 2.56 bits per heavy atom. The van der Waals surface area contributed by atoms with Crippen molar-refractivity contribution in [1.29, 1.82) is 5.26 Å². The molecule has 8 nitrogen and oxygen atoms in total. The van der Waals surface area contributed by atoms with Crippen molar-refractivity contribution in [2.45, 2.75) is 25.3 Å². The molecule has 1 aromatic carbocycles. The minimum atomic E-state index is -0.643. The van der Waals surface area contributed by atoms with E-state index in [2.05, 4.69) is 20.7 Å². The lowest BCUT2D eigenvalue weighted by Crippen LogP contribution is -2.47. The Hall–Kier alpha value is -3.18. The van der Waals surface area contributed by atoms with Crippen LogP contribution in [0.4, 0.5) is 4.79 Å². The van der Waals surface area contributed by atoms with Crippen LogP contribution < -0.4 is 21.3 Å². The van der Waals surface area contributed by atoms with Gasteiger partial charge in [0.05, 0.1) is 18.8 Å². The van der Waals surface area contributed by atoms with E-state index in [4.69, 9.17) is 15.8 Å². The first-order valence-corrected chi connectivity index (χ1v) is 7.57. The summed E-state index contributed by atoms with van der Waals surface area (Å²) < 4.78 is 5.18. The molecule has 0 aliphatic heterocycles. The number of ether oxygens (including phenoxy) is 1. The number of benzene rings is 1. The summed E-state index contributed by atoms with van der Waals surface area (Å²) in [7, 11) is 1.58. The maximum absolute atomic E-state index is 11.9. The van der Waals surface area contributed by atoms with Crippen molar-refractivity contribution in [1.82, 2.24) is 20.7 Å². The predicted molar refractivity (Wildman–Crippen MR) is 91.4 cm³/mol. The predicted octanol–water partition coefficient (Wildman–Crippen LogP) is 1.55. The number of nitrogens with one attached hydrogen (secondary N) is 2. The number of hydrazine groups is 1. The van der Waals surface area contributed by atoms with Crippen LogP contribution in [0, 0.1) is 11.3 Å². The van der Waals surface area contributed by atoms with E-state index >= 15 is 0 Å². The molecule has 1 aromatic heterocycles. The lowest BCUT2D eigenvalue weighted by Gasteiger charge is -2.34. The second kappa shape index (κ2) is 7.59. The van der Waals surface area contributed by atoms with Crippen molar-refractivity contribution in [3.05, 3.63) is 53.6 Å². The first-order valence-electron chi connectivity index (χ1n) is 7.57. The third-order valence-electron chi connectivity index (χ3n) is 3.99. The molecule has 1 heterocycles. The molecule has 0 fully saturated rings. The molecule has 2 amide bonds. The summed E-state index contributed by atoms with van der Waals surface area (Å²) in [5, 5.41) is 11.9. The molecule has 0 radical (unpaired) electrons. The molecule has 0 bridgehead atoms. The first kappa shape index (κ1) is 18.2. The number of nitrogens with two attached hydrogens (primary N) is 1. The highest BCUT2D eigenvalue weighted by Gasteiger charge is 2.35. The lowest BCUT2D eigenvalue weighted by atomic mass is 9.77. The average Bonchev–Trinajstić information content (AvgIpc) is 2.65. The van der Waals surface area contributed by atoms with Gasteiger partial charge in [-0.05, 0) is 23.8 Å². The molecule has 0 saturated carbocycles. The monoisotopic (exact) mass is 340 g/mol. The molecule has 1 atom stereocenters. The number of carbonyl (C=O) groups is 1. The third-order valence-corrected chi connectivity index (χ3v) is 3.99. The highest BCUT2D eigenvalue weighted by atomic mass is 16.5.